The second-order valence-electron chi connectivity index (χ2n) is 7.54. The Hall–Kier alpha value is -2.53. The fourth-order valence-corrected chi connectivity index (χ4v) is 6.19. The number of ether oxygens (including phenoxy) is 1. The van der Waals surface area contributed by atoms with Crippen molar-refractivity contribution in [1.29, 1.82) is 0 Å². The van der Waals surface area contributed by atoms with Gasteiger partial charge in [-0.25, -0.2) is 0 Å². The van der Waals surface area contributed by atoms with E-state index in [1.54, 1.807) is 11.8 Å². The maximum atomic E-state index is 12.9. The van der Waals surface area contributed by atoms with Gasteiger partial charge >= 0.3 is 200 Å². The van der Waals surface area contributed by atoms with Gasteiger partial charge in [-0.1, -0.05) is 0 Å². The van der Waals surface area contributed by atoms with Gasteiger partial charge in [-0.2, -0.15) is 0 Å². The molecule has 3 aromatic carbocycles. The molecule has 1 N–H and O–H groups in total. The first-order valence-electron chi connectivity index (χ1n) is 10.5. The normalized spacial score (nSPS) is 13.2. The molecule has 0 bridgehead atoms. The van der Waals surface area contributed by atoms with E-state index in [4.69, 9.17) is 4.74 Å². The molecule has 0 radical (unpaired) electrons. The number of rotatable bonds is 9. The van der Waals surface area contributed by atoms with Crippen molar-refractivity contribution in [2.45, 2.75) is 18.4 Å². The molecule has 0 saturated heterocycles. The average Bonchev–Trinajstić information content (AvgIpc) is 3.15. The zero-order valence-corrected chi connectivity index (χ0v) is 20.4. The number of carbonyl (C=O) groups excluding carboxylic acids is 2. The summed E-state index contributed by atoms with van der Waals surface area (Å²) in [5, 5.41) is 2.84. The molecule has 4 rings (SSSR count). The molecule has 0 unspecified atom stereocenters. The molecule has 164 valence electrons. The summed E-state index contributed by atoms with van der Waals surface area (Å²) in [6.07, 6.45) is 2.06. The second-order valence-corrected chi connectivity index (χ2v) is 10.8. The maximum absolute atomic E-state index is 12.9. The third-order valence-electron chi connectivity index (χ3n) is 5.49. The van der Waals surface area contributed by atoms with Gasteiger partial charge in [-0.05, 0) is 0 Å². The molecule has 0 heterocycles. The van der Waals surface area contributed by atoms with Crippen molar-refractivity contribution in [3.63, 3.8) is 0 Å². The summed E-state index contributed by atoms with van der Waals surface area (Å²) >= 11 is 1.32. The quantitative estimate of drug-likeness (QED) is 0.439. The van der Waals surface area contributed by atoms with Crippen LogP contribution in [0.15, 0.2) is 78.9 Å². The summed E-state index contributed by atoms with van der Waals surface area (Å²) in [6, 6.07) is 25.7. The number of fused-ring (bicyclic) bond motifs is 3. The summed E-state index contributed by atoms with van der Waals surface area (Å²) in [5.74, 6) is 0.798. The van der Waals surface area contributed by atoms with Crippen LogP contribution in [0.2, 0.25) is 0 Å². The van der Waals surface area contributed by atoms with Crippen molar-refractivity contribution in [3.8, 4) is 11.1 Å². The van der Waals surface area contributed by atoms with E-state index >= 15 is 0 Å². The Morgan fingerprint density at radius 1 is 0.938 bits per heavy atom. The Morgan fingerprint density at radius 3 is 2.16 bits per heavy atom. The van der Waals surface area contributed by atoms with Crippen molar-refractivity contribution in [2.24, 2.45) is 0 Å². The molecule has 4 nitrogen and oxygen atoms in total. The van der Waals surface area contributed by atoms with E-state index in [1.165, 1.54) is 22.3 Å². The monoisotopic (exact) mass is 511 g/mol. The Kier molecular flexibility index (Phi) is 7.69. The number of benzene rings is 3. The third-order valence-corrected chi connectivity index (χ3v) is 8.22. The van der Waals surface area contributed by atoms with Crippen LogP contribution in [-0.2, 0) is 9.53 Å². The van der Waals surface area contributed by atoms with E-state index in [1.807, 2.05) is 60.9 Å². The van der Waals surface area contributed by atoms with E-state index in [-0.39, 0.29) is 32.2 Å². The number of hydrogen-bond donors (Lipinski definition) is 1. The fraction of sp³-hybridized carbons (Fsp3) is 0.231. The first-order valence-corrected chi connectivity index (χ1v) is 13.6. The molecule has 32 heavy (non-hydrogen) atoms. The first kappa shape index (κ1) is 22.7. The van der Waals surface area contributed by atoms with Gasteiger partial charge in [0.15, 0.2) is 0 Å². The van der Waals surface area contributed by atoms with Gasteiger partial charge in [0.25, 0.3) is 0 Å². The summed E-state index contributed by atoms with van der Waals surface area (Å²) in [5.41, 5.74) is 4.72. The standard InChI is InChI=1S/C26H25NO3SSe/c1-31-16-15-24(25(28)32-18-9-3-2-4-10-18)27-26(29)30-17-23-21-13-7-5-11-19(21)20-12-6-8-14-22(20)23/h2-14,23-24H,15-17H2,1H3,(H,27,29)/t24-/m0/s1. The van der Waals surface area contributed by atoms with E-state index in [9.17, 15) is 9.59 Å². The number of thioether (sulfide) groups is 1. The van der Waals surface area contributed by atoms with Gasteiger partial charge in [-0.15, -0.1) is 0 Å². The van der Waals surface area contributed by atoms with Crippen LogP contribution in [-0.4, -0.2) is 50.4 Å². The minimum atomic E-state index is -0.532. The number of hydrogen-bond acceptors (Lipinski definition) is 4. The molecule has 1 aliphatic rings. The van der Waals surface area contributed by atoms with Crippen LogP contribution in [0.1, 0.15) is 23.5 Å². The molecule has 0 aliphatic heterocycles. The van der Waals surface area contributed by atoms with Crippen molar-refractivity contribution >= 4 is 42.0 Å². The first-order chi connectivity index (χ1) is 15.7. The van der Waals surface area contributed by atoms with E-state index in [0.717, 1.165) is 10.2 Å². The molecule has 0 fully saturated rings. The Balaban J connectivity index is 1.41. The van der Waals surface area contributed by atoms with Crippen molar-refractivity contribution in [3.05, 3.63) is 90.0 Å². The van der Waals surface area contributed by atoms with Crippen LogP contribution in [0.4, 0.5) is 4.79 Å². The van der Waals surface area contributed by atoms with Crippen LogP contribution < -0.4 is 9.78 Å². The molecule has 1 atom stereocenters. The topological polar surface area (TPSA) is 55.4 Å². The zero-order valence-electron chi connectivity index (χ0n) is 17.8. The van der Waals surface area contributed by atoms with Crippen LogP contribution in [0.5, 0.6) is 0 Å². The average molecular weight is 511 g/mol. The molecule has 3 aromatic rings. The van der Waals surface area contributed by atoms with Gasteiger partial charge in [0.05, 0.1) is 0 Å². The van der Waals surface area contributed by atoms with Crippen LogP contribution in [0.3, 0.4) is 0 Å². The molecule has 1 amide bonds. The van der Waals surface area contributed by atoms with Gasteiger partial charge < -0.3 is 0 Å². The molecular weight excluding hydrogens is 485 g/mol. The summed E-state index contributed by atoms with van der Waals surface area (Å²) < 4.78 is 6.72. The number of alkyl carbamates (subject to hydrolysis) is 1. The molecule has 6 heteroatoms. The van der Waals surface area contributed by atoms with Gasteiger partial charge in [-0.3, -0.25) is 0 Å². The van der Waals surface area contributed by atoms with Gasteiger partial charge in [0.1, 0.15) is 0 Å². The van der Waals surface area contributed by atoms with E-state index < -0.39 is 12.1 Å². The summed E-state index contributed by atoms with van der Waals surface area (Å²) in [6.45, 7) is 0.243. The van der Waals surface area contributed by atoms with Crippen LogP contribution in [0.25, 0.3) is 11.1 Å². The van der Waals surface area contributed by atoms with Gasteiger partial charge in [0, 0.05) is 0 Å². The Bertz CT molecular complexity index is 1040. The SMILES string of the molecule is CSCC[C@H](NC(=O)OCC1c2ccccc2-c2ccccc21)C(=O)[Se]c1ccccc1. The van der Waals surface area contributed by atoms with Crippen LogP contribution in [0, 0.1) is 0 Å². The molecular formula is C26H25NO3SSe. The van der Waals surface area contributed by atoms with E-state index in [2.05, 4.69) is 29.6 Å². The summed E-state index contributed by atoms with van der Waals surface area (Å²) in [4.78, 5) is 25.6. The van der Waals surface area contributed by atoms with Crippen molar-refractivity contribution < 1.29 is 14.3 Å². The Labute approximate surface area is 199 Å². The van der Waals surface area contributed by atoms with Crippen LogP contribution >= 0.6 is 11.8 Å². The molecule has 1 aliphatic carbocycles. The number of nitrogens with one attached hydrogen (secondary N) is 1. The predicted molar refractivity (Wildman–Crippen MR) is 132 cm³/mol. The van der Waals surface area contributed by atoms with E-state index in [0.29, 0.717) is 6.42 Å². The molecule has 0 spiro atoms. The molecule has 0 saturated carbocycles. The minimum absolute atomic E-state index is 0.00189. The zero-order chi connectivity index (χ0) is 22.3. The third kappa shape index (κ3) is 5.26. The molecule has 0 aromatic heterocycles. The second kappa shape index (κ2) is 10.9. The van der Waals surface area contributed by atoms with Crippen molar-refractivity contribution in [1.82, 2.24) is 5.32 Å². The fourth-order valence-electron chi connectivity index (χ4n) is 3.94. The Morgan fingerprint density at radius 2 is 1.53 bits per heavy atom. The number of amides is 1. The van der Waals surface area contributed by atoms with Gasteiger partial charge in [0.2, 0.25) is 0 Å². The number of carbonyl (C=O) groups is 2. The predicted octanol–water partition coefficient (Wildman–Crippen LogP) is 4.20. The van der Waals surface area contributed by atoms with Crippen molar-refractivity contribution in [2.75, 3.05) is 18.6 Å². The summed E-state index contributed by atoms with van der Waals surface area (Å²) in [7, 11) is 0.